The molecule has 1 aromatic carbocycles. The summed E-state index contributed by atoms with van der Waals surface area (Å²) in [5, 5.41) is 3.51. The fraction of sp³-hybridized carbons (Fsp3) is 0.412. The number of halogens is 1. The fourth-order valence-corrected chi connectivity index (χ4v) is 3.89. The van der Waals surface area contributed by atoms with Gasteiger partial charge in [0.05, 0.1) is 4.34 Å². The summed E-state index contributed by atoms with van der Waals surface area (Å²) in [5.41, 5.74) is 3.06. The lowest BCUT2D eigenvalue weighted by Crippen LogP contribution is -2.33. The molecule has 3 rings (SSSR count). The van der Waals surface area contributed by atoms with E-state index in [9.17, 15) is 0 Å². The number of thiophene rings is 1. The second-order valence-corrected chi connectivity index (χ2v) is 7.29. The van der Waals surface area contributed by atoms with Crippen LogP contribution in [0.3, 0.4) is 0 Å². The number of benzene rings is 1. The number of hydrogen-bond donors (Lipinski definition) is 1. The van der Waals surface area contributed by atoms with Crippen LogP contribution in [0.2, 0.25) is 4.34 Å². The Labute approximate surface area is 135 Å². The SMILES string of the molecule is Clc1ccc(CNCCN2CCc3ccccc3CC2)s1. The van der Waals surface area contributed by atoms with Crippen LogP contribution in [0.15, 0.2) is 36.4 Å². The van der Waals surface area contributed by atoms with E-state index < -0.39 is 0 Å². The minimum absolute atomic E-state index is 0.872. The third kappa shape index (κ3) is 4.30. The maximum absolute atomic E-state index is 5.94. The van der Waals surface area contributed by atoms with Gasteiger partial charge in [0.15, 0.2) is 0 Å². The molecule has 0 saturated heterocycles. The quantitative estimate of drug-likeness (QED) is 0.847. The molecule has 0 radical (unpaired) electrons. The molecule has 2 nitrogen and oxygen atoms in total. The number of nitrogens with one attached hydrogen (secondary N) is 1. The molecule has 0 bridgehead atoms. The zero-order valence-corrected chi connectivity index (χ0v) is 13.7. The zero-order valence-electron chi connectivity index (χ0n) is 12.1. The highest BCUT2D eigenvalue weighted by molar-refractivity contribution is 7.16. The standard InChI is InChI=1S/C17H21ClN2S/c18-17-6-5-16(21-17)13-19-9-12-20-10-7-14-3-1-2-4-15(14)8-11-20/h1-6,19H,7-13H2. The Morgan fingerprint density at radius 1 is 1.05 bits per heavy atom. The van der Waals surface area contributed by atoms with Gasteiger partial charge in [0, 0.05) is 37.6 Å². The molecule has 21 heavy (non-hydrogen) atoms. The molecule has 1 aliphatic heterocycles. The van der Waals surface area contributed by atoms with Crippen LogP contribution in [0.5, 0.6) is 0 Å². The molecule has 112 valence electrons. The maximum Gasteiger partial charge on any atom is 0.0931 e. The molecule has 1 aromatic heterocycles. The van der Waals surface area contributed by atoms with E-state index >= 15 is 0 Å². The topological polar surface area (TPSA) is 15.3 Å². The second-order valence-electron chi connectivity index (χ2n) is 5.49. The summed E-state index contributed by atoms with van der Waals surface area (Å²) in [6, 6.07) is 12.9. The van der Waals surface area contributed by atoms with Gasteiger partial charge < -0.3 is 10.2 Å². The van der Waals surface area contributed by atoms with E-state index in [2.05, 4.69) is 40.5 Å². The normalized spacial score (nSPS) is 15.7. The molecule has 0 atom stereocenters. The maximum atomic E-state index is 5.94. The first kappa shape index (κ1) is 15.0. The van der Waals surface area contributed by atoms with Crippen molar-refractivity contribution >= 4 is 22.9 Å². The largest absolute Gasteiger partial charge is 0.311 e. The van der Waals surface area contributed by atoms with Crippen molar-refractivity contribution < 1.29 is 0 Å². The van der Waals surface area contributed by atoms with Crippen molar-refractivity contribution in [3.05, 3.63) is 56.7 Å². The van der Waals surface area contributed by atoms with Gasteiger partial charge in [0.25, 0.3) is 0 Å². The van der Waals surface area contributed by atoms with Crippen molar-refractivity contribution in [2.45, 2.75) is 19.4 Å². The highest BCUT2D eigenvalue weighted by Gasteiger charge is 2.12. The Morgan fingerprint density at radius 2 is 1.76 bits per heavy atom. The van der Waals surface area contributed by atoms with Gasteiger partial charge in [0.2, 0.25) is 0 Å². The van der Waals surface area contributed by atoms with E-state index in [1.165, 1.54) is 41.9 Å². The summed E-state index contributed by atoms with van der Waals surface area (Å²) in [7, 11) is 0. The lowest BCUT2D eigenvalue weighted by atomic mass is 10.0. The second kappa shape index (κ2) is 7.41. The molecule has 0 saturated carbocycles. The van der Waals surface area contributed by atoms with Crippen molar-refractivity contribution in [1.82, 2.24) is 10.2 Å². The molecule has 0 aliphatic carbocycles. The third-order valence-corrected chi connectivity index (χ3v) is 5.28. The van der Waals surface area contributed by atoms with Crippen LogP contribution in [0.4, 0.5) is 0 Å². The van der Waals surface area contributed by atoms with Gasteiger partial charge in [-0.3, -0.25) is 0 Å². The molecule has 0 amide bonds. The van der Waals surface area contributed by atoms with Crippen molar-refractivity contribution in [2.24, 2.45) is 0 Å². The van der Waals surface area contributed by atoms with E-state index in [0.29, 0.717) is 0 Å². The molecule has 2 heterocycles. The van der Waals surface area contributed by atoms with Gasteiger partial charge in [-0.2, -0.15) is 0 Å². The van der Waals surface area contributed by atoms with Crippen molar-refractivity contribution in [3.8, 4) is 0 Å². The van der Waals surface area contributed by atoms with Gasteiger partial charge in [-0.05, 0) is 36.1 Å². The first-order valence-electron chi connectivity index (χ1n) is 7.55. The van der Waals surface area contributed by atoms with Crippen molar-refractivity contribution in [3.63, 3.8) is 0 Å². The van der Waals surface area contributed by atoms with Crippen LogP contribution in [-0.4, -0.2) is 31.1 Å². The Bertz CT molecular complexity index is 555. The summed E-state index contributed by atoms with van der Waals surface area (Å²) >= 11 is 7.60. The number of nitrogens with zero attached hydrogens (tertiary/aromatic N) is 1. The van der Waals surface area contributed by atoms with Gasteiger partial charge in [0.1, 0.15) is 0 Å². The number of fused-ring (bicyclic) bond motifs is 1. The van der Waals surface area contributed by atoms with Gasteiger partial charge >= 0.3 is 0 Å². The van der Waals surface area contributed by atoms with E-state index in [-0.39, 0.29) is 0 Å². The minimum Gasteiger partial charge on any atom is -0.311 e. The summed E-state index contributed by atoms with van der Waals surface area (Å²) in [5.74, 6) is 0. The third-order valence-electron chi connectivity index (χ3n) is 4.05. The van der Waals surface area contributed by atoms with E-state index in [1.807, 2.05) is 6.07 Å². The molecule has 4 heteroatoms. The summed E-state index contributed by atoms with van der Waals surface area (Å²) in [4.78, 5) is 3.87. The van der Waals surface area contributed by atoms with E-state index in [0.717, 1.165) is 24.0 Å². The summed E-state index contributed by atoms with van der Waals surface area (Å²) < 4.78 is 0.872. The predicted molar refractivity (Wildman–Crippen MR) is 91.3 cm³/mol. The van der Waals surface area contributed by atoms with Crippen molar-refractivity contribution in [2.75, 3.05) is 26.2 Å². The van der Waals surface area contributed by atoms with E-state index in [4.69, 9.17) is 11.6 Å². The molecule has 0 unspecified atom stereocenters. The van der Waals surface area contributed by atoms with Crippen LogP contribution >= 0.6 is 22.9 Å². The Kier molecular flexibility index (Phi) is 5.31. The number of rotatable bonds is 5. The molecular formula is C17H21ClN2S. The van der Waals surface area contributed by atoms with Crippen LogP contribution in [0.1, 0.15) is 16.0 Å². The van der Waals surface area contributed by atoms with Crippen molar-refractivity contribution in [1.29, 1.82) is 0 Å². The smallest absolute Gasteiger partial charge is 0.0931 e. The molecule has 2 aromatic rings. The van der Waals surface area contributed by atoms with Crippen LogP contribution in [0, 0.1) is 0 Å². The lowest BCUT2D eigenvalue weighted by Gasteiger charge is -2.19. The highest BCUT2D eigenvalue weighted by Crippen LogP contribution is 2.21. The molecule has 0 fully saturated rings. The first-order valence-corrected chi connectivity index (χ1v) is 8.75. The number of hydrogen-bond acceptors (Lipinski definition) is 3. The Morgan fingerprint density at radius 3 is 2.38 bits per heavy atom. The van der Waals surface area contributed by atoms with Crippen LogP contribution in [-0.2, 0) is 19.4 Å². The average Bonchev–Trinajstić information content (AvgIpc) is 2.80. The van der Waals surface area contributed by atoms with Crippen LogP contribution in [0.25, 0.3) is 0 Å². The van der Waals surface area contributed by atoms with Gasteiger partial charge in [-0.15, -0.1) is 11.3 Å². The van der Waals surface area contributed by atoms with Crippen LogP contribution < -0.4 is 5.32 Å². The highest BCUT2D eigenvalue weighted by atomic mass is 35.5. The molecular weight excluding hydrogens is 300 g/mol. The lowest BCUT2D eigenvalue weighted by molar-refractivity contribution is 0.286. The predicted octanol–water partition coefficient (Wildman–Crippen LogP) is 3.59. The monoisotopic (exact) mass is 320 g/mol. The molecule has 0 spiro atoms. The van der Waals surface area contributed by atoms with E-state index in [1.54, 1.807) is 11.3 Å². The first-order chi connectivity index (χ1) is 10.3. The molecule has 1 N–H and O–H groups in total. The zero-order chi connectivity index (χ0) is 14.5. The van der Waals surface area contributed by atoms with Gasteiger partial charge in [-0.1, -0.05) is 35.9 Å². The molecule has 1 aliphatic rings. The Balaban J connectivity index is 1.41. The average molecular weight is 321 g/mol. The van der Waals surface area contributed by atoms with Gasteiger partial charge in [-0.25, -0.2) is 0 Å². The fourth-order valence-electron chi connectivity index (χ4n) is 2.83. The summed E-state index contributed by atoms with van der Waals surface area (Å²) in [6.07, 6.45) is 2.35. The minimum atomic E-state index is 0.872. The summed E-state index contributed by atoms with van der Waals surface area (Å²) in [6.45, 7) is 5.41. The Hall–Kier alpha value is -0.870.